The van der Waals surface area contributed by atoms with E-state index in [0.29, 0.717) is 17.0 Å². The maximum absolute atomic E-state index is 11.0. The summed E-state index contributed by atoms with van der Waals surface area (Å²) in [6.07, 6.45) is 3.71. The minimum atomic E-state index is -0.409. The third-order valence-corrected chi connectivity index (χ3v) is 5.07. The van der Waals surface area contributed by atoms with Crippen LogP contribution in [0.25, 0.3) is 0 Å². The van der Waals surface area contributed by atoms with E-state index in [1.807, 2.05) is 6.92 Å². The maximum atomic E-state index is 11.0. The molecule has 1 aliphatic heterocycles. The van der Waals surface area contributed by atoms with Crippen LogP contribution in [-0.4, -0.2) is 32.8 Å². The van der Waals surface area contributed by atoms with Crippen molar-refractivity contribution in [3.63, 3.8) is 0 Å². The molecule has 134 valence electrons. The van der Waals surface area contributed by atoms with E-state index in [4.69, 9.17) is 11.6 Å². The zero-order chi connectivity index (χ0) is 18.1. The molecule has 1 aliphatic rings. The molecule has 0 atom stereocenters. The first-order valence-corrected chi connectivity index (χ1v) is 8.85. The molecule has 0 unspecified atom stereocenters. The number of hydrogen-bond donors (Lipinski definition) is 0. The molecule has 2 heterocycles. The number of halogens is 1. The average Bonchev–Trinajstić information content (AvgIpc) is 3.04. The molecule has 0 amide bonds. The van der Waals surface area contributed by atoms with E-state index in [0.717, 1.165) is 43.0 Å². The molecule has 0 saturated carbocycles. The van der Waals surface area contributed by atoms with E-state index >= 15 is 0 Å². The van der Waals surface area contributed by atoms with Crippen LogP contribution in [0.5, 0.6) is 0 Å². The van der Waals surface area contributed by atoms with Crippen molar-refractivity contribution in [2.45, 2.75) is 45.6 Å². The molecule has 3 rings (SSSR count). The monoisotopic (exact) mass is 363 g/mol. The van der Waals surface area contributed by atoms with E-state index in [9.17, 15) is 10.1 Å². The van der Waals surface area contributed by atoms with E-state index in [2.05, 4.69) is 33.5 Å². The maximum Gasteiger partial charge on any atom is 0.271 e. The molecule has 1 fully saturated rings. The SMILES string of the molecule is Cc1cc([N+](=O)[O-])cc(Cl)c1N1CCC(c2nncn2C(C)C)CC1. The van der Waals surface area contributed by atoms with Gasteiger partial charge in [0, 0.05) is 37.2 Å². The number of hydrogen-bond acceptors (Lipinski definition) is 5. The van der Waals surface area contributed by atoms with Crippen molar-refractivity contribution in [1.29, 1.82) is 0 Å². The normalized spacial score (nSPS) is 15.8. The molecule has 25 heavy (non-hydrogen) atoms. The topological polar surface area (TPSA) is 77.1 Å². The van der Waals surface area contributed by atoms with Crippen LogP contribution in [0, 0.1) is 17.0 Å². The number of nitrogens with zero attached hydrogens (tertiary/aromatic N) is 5. The summed E-state index contributed by atoms with van der Waals surface area (Å²) in [5.41, 5.74) is 1.77. The first-order chi connectivity index (χ1) is 11.9. The number of anilines is 1. The van der Waals surface area contributed by atoms with Crippen molar-refractivity contribution in [2.75, 3.05) is 18.0 Å². The van der Waals surface area contributed by atoms with Gasteiger partial charge in [0.25, 0.3) is 5.69 Å². The van der Waals surface area contributed by atoms with Crippen LogP contribution >= 0.6 is 11.6 Å². The third-order valence-electron chi connectivity index (χ3n) is 4.78. The lowest BCUT2D eigenvalue weighted by Crippen LogP contribution is -2.34. The number of nitro groups is 1. The standard InChI is InChI=1S/C17H22ClN5O2/c1-11(2)22-10-19-20-17(22)13-4-6-21(7-5-13)16-12(3)8-14(23(24)25)9-15(16)18/h8-11,13H,4-7H2,1-3H3. The summed E-state index contributed by atoms with van der Waals surface area (Å²) in [6.45, 7) is 7.81. The number of nitro benzene ring substituents is 1. The molecule has 7 nitrogen and oxygen atoms in total. The second-order valence-corrected chi connectivity index (χ2v) is 7.21. The zero-order valence-electron chi connectivity index (χ0n) is 14.6. The summed E-state index contributed by atoms with van der Waals surface area (Å²) in [6, 6.07) is 3.36. The fraction of sp³-hybridized carbons (Fsp3) is 0.529. The molecule has 1 aromatic carbocycles. The third kappa shape index (κ3) is 3.46. The minimum absolute atomic E-state index is 0.0335. The molecule has 0 aliphatic carbocycles. The van der Waals surface area contributed by atoms with Gasteiger partial charge in [-0.05, 0) is 39.2 Å². The van der Waals surface area contributed by atoms with Gasteiger partial charge in [0.1, 0.15) is 12.2 Å². The van der Waals surface area contributed by atoms with Gasteiger partial charge in [-0.15, -0.1) is 10.2 Å². The second-order valence-electron chi connectivity index (χ2n) is 6.80. The van der Waals surface area contributed by atoms with Crippen molar-refractivity contribution in [1.82, 2.24) is 14.8 Å². The zero-order valence-corrected chi connectivity index (χ0v) is 15.4. The smallest absolute Gasteiger partial charge is 0.271 e. The molecule has 1 saturated heterocycles. The first kappa shape index (κ1) is 17.7. The van der Waals surface area contributed by atoms with Crippen molar-refractivity contribution in [2.24, 2.45) is 0 Å². The Labute approximate surface area is 151 Å². The molecule has 0 bridgehead atoms. The minimum Gasteiger partial charge on any atom is -0.370 e. The Morgan fingerprint density at radius 1 is 1.32 bits per heavy atom. The van der Waals surface area contributed by atoms with Gasteiger partial charge >= 0.3 is 0 Å². The highest BCUT2D eigenvalue weighted by atomic mass is 35.5. The van der Waals surface area contributed by atoms with Crippen molar-refractivity contribution >= 4 is 23.0 Å². The second kappa shape index (κ2) is 7.00. The number of benzene rings is 1. The van der Waals surface area contributed by atoms with Gasteiger partial charge in [-0.25, -0.2) is 0 Å². The highest BCUT2D eigenvalue weighted by molar-refractivity contribution is 6.33. The molecular formula is C17H22ClN5O2. The van der Waals surface area contributed by atoms with Crippen molar-refractivity contribution < 1.29 is 4.92 Å². The largest absolute Gasteiger partial charge is 0.370 e. The quantitative estimate of drug-likeness (QED) is 0.603. The molecule has 8 heteroatoms. The first-order valence-electron chi connectivity index (χ1n) is 8.47. The lowest BCUT2D eigenvalue weighted by molar-refractivity contribution is -0.384. The van der Waals surface area contributed by atoms with Crippen LogP contribution in [0.1, 0.15) is 50.0 Å². The predicted octanol–water partition coefficient (Wildman–Crippen LogP) is 4.11. The highest BCUT2D eigenvalue weighted by Crippen LogP contribution is 2.37. The highest BCUT2D eigenvalue weighted by Gasteiger charge is 2.27. The molecule has 1 aromatic heterocycles. The summed E-state index contributed by atoms with van der Waals surface area (Å²) in [5.74, 6) is 1.42. The van der Waals surface area contributed by atoms with Crippen LogP contribution in [0.15, 0.2) is 18.5 Å². The van der Waals surface area contributed by atoms with Crippen molar-refractivity contribution in [3.8, 4) is 0 Å². The van der Waals surface area contributed by atoms with Gasteiger partial charge in [0.2, 0.25) is 0 Å². The Kier molecular flexibility index (Phi) is 4.94. The summed E-state index contributed by atoms with van der Waals surface area (Å²) < 4.78 is 2.13. The number of aryl methyl sites for hydroxylation is 1. The molecular weight excluding hydrogens is 342 g/mol. The Morgan fingerprint density at radius 2 is 2.00 bits per heavy atom. The molecule has 2 aromatic rings. The summed E-state index contributed by atoms with van der Waals surface area (Å²) >= 11 is 6.34. The van der Waals surface area contributed by atoms with Crippen LogP contribution in [0.4, 0.5) is 11.4 Å². The van der Waals surface area contributed by atoms with Crippen LogP contribution in [0.3, 0.4) is 0 Å². The van der Waals surface area contributed by atoms with Gasteiger partial charge in [0.05, 0.1) is 15.6 Å². The number of aromatic nitrogens is 3. The van der Waals surface area contributed by atoms with E-state index in [1.165, 1.54) is 6.07 Å². The molecule has 0 N–H and O–H groups in total. The number of non-ortho nitro benzene ring substituents is 1. The van der Waals surface area contributed by atoms with Gasteiger partial charge < -0.3 is 9.47 Å². The van der Waals surface area contributed by atoms with Gasteiger partial charge in [-0.2, -0.15) is 0 Å². The van der Waals surface area contributed by atoms with Crippen molar-refractivity contribution in [3.05, 3.63) is 45.0 Å². The fourth-order valence-corrected chi connectivity index (χ4v) is 3.91. The lowest BCUT2D eigenvalue weighted by atomic mass is 9.94. The van der Waals surface area contributed by atoms with E-state index in [1.54, 1.807) is 12.4 Å². The average molecular weight is 364 g/mol. The van der Waals surface area contributed by atoms with Crippen LogP contribution < -0.4 is 4.90 Å². The summed E-state index contributed by atoms with van der Waals surface area (Å²) in [4.78, 5) is 12.8. The molecule has 0 spiro atoms. The van der Waals surface area contributed by atoms with Gasteiger partial charge in [0.15, 0.2) is 0 Å². The Hall–Kier alpha value is -2.15. The Morgan fingerprint density at radius 3 is 2.56 bits per heavy atom. The van der Waals surface area contributed by atoms with E-state index in [-0.39, 0.29) is 5.69 Å². The Balaban J connectivity index is 1.77. The van der Waals surface area contributed by atoms with E-state index < -0.39 is 4.92 Å². The number of piperidine rings is 1. The summed E-state index contributed by atoms with van der Waals surface area (Å²) in [5, 5.41) is 19.8. The van der Waals surface area contributed by atoms with Crippen LogP contribution in [0.2, 0.25) is 5.02 Å². The lowest BCUT2D eigenvalue weighted by Gasteiger charge is -2.34. The summed E-state index contributed by atoms with van der Waals surface area (Å²) in [7, 11) is 0. The van der Waals surface area contributed by atoms with Gasteiger partial charge in [-0.1, -0.05) is 11.6 Å². The number of rotatable bonds is 4. The molecule has 0 radical (unpaired) electrons. The predicted molar refractivity (Wildman–Crippen MR) is 97.4 cm³/mol. The Bertz CT molecular complexity index is 758. The van der Waals surface area contributed by atoms with Crippen LogP contribution in [-0.2, 0) is 0 Å². The van der Waals surface area contributed by atoms with Gasteiger partial charge in [-0.3, -0.25) is 10.1 Å². The fourth-order valence-electron chi connectivity index (χ4n) is 3.53.